The Morgan fingerprint density at radius 1 is 1.20 bits per heavy atom. The Morgan fingerprint density at radius 3 is 2.43 bits per heavy atom. The lowest BCUT2D eigenvalue weighted by Gasteiger charge is -2.23. The first kappa shape index (κ1) is 26.1. The first-order chi connectivity index (χ1) is 13.9. The van der Waals surface area contributed by atoms with Crippen LogP contribution < -0.4 is 10.5 Å². The van der Waals surface area contributed by atoms with Crippen LogP contribution in [0.4, 0.5) is 18.9 Å². The van der Waals surface area contributed by atoms with Crippen molar-refractivity contribution >= 4 is 19.7 Å². The van der Waals surface area contributed by atoms with Crippen LogP contribution in [0.1, 0.15) is 12.0 Å². The van der Waals surface area contributed by atoms with E-state index in [0.717, 1.165) is 12.2 Å². The predicted molar refractivity (Wildman–Crippen MR) is 108 cm³/mol. The molecular formula is C18H30F3N3O5Si. The average molecular weight is 454 g/mol. The van der Waals surface area contributed by atoms with Crippen molar-refractivity contribution in [3.8, 4) is 0 Å². The summed E-state index contributed by atoms with van der Waals surface area (Å²) in [5.74, 6) is -0.442. The fourth-order valence-corrected chi connectivity index (χ4v) is 3.10. The summed E-state index contributed by atoms with van der Waals surface area (Å²) in [6.45, 7) is 6.67. The number of carbonyl (C=O) groups excluding carboxylic acids is 1. The quantitative estimate of drug-likeness (QED) is 0.273. The van der Waals surface area contributed by atoms with Crippen LogP contribution in [-0.2, 0) is 31.9 Å². The highest BCUT2D eigenvalue weighted by molar-refractivity contribution is 6.76. The number of methoxy groups -OCH3 is 1. The van der Waals surface area contributed by atoms with E-state index < -0.39 is 31.3 Å². The molecule has 0 fully saturated rings. The Hall–Kier alpha value is -1.92. The third kappa shape index (κ3) is 8.84. The van der Waals surface area contributed by atoms with Crippen LogP contribution in [0.15, 0.2) is 11.0 Å². The van der Waals surface area contributed by atoms with E-state index in [9.17, 15) is 22.8 Å². The van der Waals surface area contributed by atoms with E-state index in [2.05, 4.69) is 29.5 Å². The molecule has 1 heterocycles. The molecule has 0 bridgehead atoms. The molecule has 0 aliphatic rings. The molecule has 0 aromatic carbocycles. The number of halogens is 3. The zero-order valence-electron chi connectivity index (χ0n) is 18.0. The second-order valence-electron chi connectivity index (χ2n) is 7.92. The van der Waals surface area contributed by atoms with Gasteiger partial charge in [0.1, 0.15) is 12.3 Å². The van der Waals surface area contributed by atoms with Crippen LogP contribution in [0.25, 0.3) is 0 Å². The Kier molecular flexibility index (Phi) is 9.98. The average Bonchev–Trinajstić information content (AvgIpc) is 2.63. The van der Waals surface area contributed by atoms with E-state index in [1.54, 1.807) is 0 Å². The summed E-state index contributed by atoms with van der Waals surface area (Å²) in [4.78, 5) is 24.7. The van der Waals surface area contributed by atoms with Crippen molar-refractivity contribution in [3.05, 3.63) is 22.1 Å². The highest BCUT2D eigenvalue weighted by Gasteiger charge is 2.39. The summed E-state index contributed by atoms with van der Waals surface area (Å²) in [6.07, 6.45) is -3.81. The Balaban J connectivity index is 2.82. The molecule has 0 radical (unpaired) electrons. The highest BCUT2D eigenvalue weighted by atomic mass is 28.3. The van der Waals surface area contributed by atoms with Gasteiger partial charge >= 0.3 is 12.1 Å². The highest BCUT2D eigenvalue weighted by Crippen LogP contribution is 2.33. The number of hydrogen-bond acceptors (Lipinski definition) is 7. The van der Waals surface area contributed by atoms with Gasteiger partial charge in [0.05, 0.1) is 38.6 Å². The van der Waals surface area contributed by atoms with Gasteiger partial charge in [-0.3, -0.25) is 9.59 Å². The lowest BCUT2D eigenvalue weighted by molar-refractivity contribution is -0.142. The van der Waals surface area contributed by atoms with Gasteiger partial charge in [-0.1, -0.05) is 19.6 Å². The molecule has 0 saturated carbocycles. The number of ether oxygens (including phenoxy) is 3. The largest absolute Gasteiger partial charge is 0.469 e. The van der Waals surface area contributed by atoms with Crippen LogP contribution >= 0.6 is 0 Å². The van der Waals surface area contributed by atoms with Gasteiger partial charge in [-0.05, 0) is 6.04 Å². The van der Waals surface area contributed by atoms with E-state index in [4.69, 9.17) is 9.47 Å². The second kappa shape index (κ2) is 11.5. The van der Waals surface area contributed by atoms with Gasteiger partial charge in [-0.2, -0.15) is 18.3 Å². The fraction of sp³-hybridized carbons (Fsp3) is 0.722. The SMILES string of the molecule is COC(=O)CCOCCN(C)c1cnn(COCC[Si](C)(C)C)c(=O)c1C(F)(F)F. The molecule has 1 rings (SSSR count). The molecule has 0 aliphatic heterocycles. The summed E-state index contributed by atoms with van der Waals surface area (Å²) in [5, 5.41) is 3.83. The number of likely N-dealkylation sites (N-methyl/N-ethyl adjacent to an activating group) is 1. The molecule has 0 unspecified atom stereocenters. The number of carbonyl (C=O) groups is 1. The van der Waals surface area contributed by atoms with Crippen molar-refractivity contribution in [2.75, 3.05) is 45.4 Å². The maximum Gasteiger partial charge on any atom is 0.423 e. The molecule has 1 aromatic rings. The van der Waals surface area contributed by atoms with E-state index in [0.29, 0.717) is 11.3 Å². The number of nitrogens with zero attached hydrogens (tertiary/aromatic N) is 3. The number of hydrogen-bond donors (Lipinski definition) is 0. The van der Waals surface area contributed by atoms with Gasteiger partial charge in [0.25, 0.3) is 5.56 Å². The molecule has 8 nitrogen and oxygen atoms in total. The van der Waals surface area contributed by atoms with Crippen LogP contribution in [0.3, 0.4) is 0 Å². The third-order valence-electron chi connectivity index (χ3n) is 4.18. The lowest BCUT2D eigenvalue weighted by atomic mass is 10.2. The molecule has 0 atom stereocenters. The molecule has 0 N–H and O–H groups in total. The first-order valence-electron chi connectivity index (χ1n) is 9.47. The van der Waals surface area contributed by atoms with E-state index in [1.165, 1.54) is 19.1 Å². The summed E-state index contributed by atoms with van der Waals surface area (Å²) >= 11 is 0. The smallest absolute Gasteiger partial charge is 0.423 e. The third-order valence-corrected chi connectivity index (χ3v) is 5.88. The zero-order chi connectivity index (χ0) is 22.9. The summed E-state index contributed by atoms with van der Waals surface area (Å²) in [5.41, 5.74) is -2.91. The monoisotopic (exact) mass is 453 g/mol. The predicted octanol–water partition coefficient (Wildman–Crippen LogP) is 2.59. The van der Waals surface area contributed by atoms with E-state index in [-0.39, 0.29) is 38.6 Å². The zero-order valence-corrected chi connectivity index (χ0v) is 19.0. The number of esters is 1. The van der Waals surface area contributed by atoms with Crippen LogP contribution in [0.5, 0.6) is 0 Å². The van der Waals surface area contributed by atoms with Crippen molar-refractivity contribution < 1.29 is 32.2 Å². The fourth-order valence-electron chi connectivity index (χ4n) is 2.34. The first-order valence-corrected chi connectivity index (χ1v) is 13.2. The molecule has 0 aliphatic carbocycles. The van der Waals surface area contributed by atoms with Crippen molar-refractivity contribution in [1.29, 1.82) is 0 Å². The van der Waals surface area contributed by atoms with Gasteiger partial charge in [0.15, 0.2) is 0 Å². The topological polar surface area (TPSA) is 82.9 Å². The van der Waals surface area contributed by atoms with Crippen LogP contribution in [-0.4, -0.2) is 64.3 Å². The van der Waals surface area contributed by atoms with Crippen molar-refractivity contribution in [2.45, 2.75) is 45.0 Å². The summed E-state index contributed by atoms with van der Waals surface area (Å²) < 4.78 is 56.5. The van der Waals surface area contributed by atoms with E-state index in [1.807, 2.05) is 0 Å². The maximum absolute atomic E-state index is 13.6. The molecule has 172 valence electrons. The molecule has 0 spiro atoms. The molecule has 30 heavy (non-hydrogen) atoms. The minimum absolute atomic E-state index is 0.0450. The van der Waals surface area contributed by atoms with Crippen molar-refractivity contribution in [1.82, 2.24) is 9.78 Å². The molecule has 12 heteroatoms. The Bertz CT molecular complexity index is 750. The number of alkyl halides is 3. The Morgan fingerprint density at radius 2 is 1.87 bits per heavy atom. The molecule has 1 aromatic heterocycles. The second-order valence-corrected chi connectivity index (χ2v) is 13.5. The minimum Gasteiger partial charge on any atom is -0.469 e. The minimum atomic E-state index is -4.85. The van der Waals surface area contributed by atoms with Gasteiger partial charge in [-0.25, -0.2) is 4.68 Å². The van der Waals surface area contributed by atoms with Crippen LogP contribution in [0.2, 0.25) is 25.7 Å². The van der Waals surface area contributed by atoms with E-state index >= 15 is 0 Å². The molecule has 0 saturated heterocycles. The van der Waals surface area contributed by atoms with Gasteiger partial charge < -0.3 is 19.1 Å². The maximum atomic E-state index is 13.6. The number of rotatable bonds is 12. The lowest BCUT2D eigenvalue weighted by Crippen LogP contribution is -2.36. The molecule has 0 amide bonds. The summed E-state index contributed by atoms with van der Waals surface area (Å²) in [6, 6.07) is 0.824. The number of anilines is 1. The summed E-state index contributed by atoms with van der Waals surface area (Å²) in [7, 11) is 1.30. The standard InChI is InChI=1S/C18H30F3N3O5Si/c1-23(7-9-28-8-6-15(25)27-2)14-12-22-24(13-29-10-11-30(3,4)5)17(26)16(14)18(19,20)21/h12H,6-11,13H2,1-5H3. The normalized spacial score (nSPS) is 12.1. The number of aromatic nitrogens is 2. The van der Waals surface area contributed by atoms with Gasteiger partial charge in [-0.15, -0.1) is 0 Å². The van der Waals surface area contributed by atoms with Gasteiger partial charge in [0.2, 0.25) is 0 Å². The Labute approximate surface area is 174 Å². The van der Waals surface area contributed by atoms with Crippen LogP contribution in [0, 0.1) is 0 Å². The molecular weight excluding hydrogens is 423 g/mol. The van der Waals surface area contributed by atoms with Crippen molar-refractivity contribution in [3.63, 3.8) is 0 Å². The van der Waals surface area contributed by atoms with Crippen molar-refractivity contribution in [2.24, 2.45) is 0 Å². The van der Waals surface area contributed by atoms with Gasteiger partial charge in [0, 0.05) is 28.3 Å².